The minimum atomic E-state index is -0.580. The molecule has 6 heteroatoms. The Morgan fingerprint density at radius 3 is 2.29 bits per heavy atom. The Morgan fingerprint density at radius 2 is 1.75 bits per heavy atom. The maximum Gasteiger partial charge on any atom is 0.244 e. The van der Waals surface area contributed by atoms with Gasteiger partial charge in [0.05, 0.1) is 5.02 Å². The van der Waals surface area contributed by atoms with Gasteiger partial charge in [-0.15, -0.1) is 0 Å². The lowest BCUT2D eigenvalue weighted by molar-refractivity contribution is -0.120. The highest BCUT2D eigenvalue weighted by Crippen LogP contribution is 2.23. The van der Waals surface area contributed by atoms with Crippen molar-refractivity contribution in [2.75, 3.05) is 16.8 Å². The van der Waals surface area contributed by atoms with Crippen LogP contribution in [0.5, 0.6) is 0 Å². The molecule has 0 aliphatic carbocycles. The largest absolute Gasteiger partial charge is 0.325 e. The molecule has 0 aliphatic heterocycles. The Balaban J connectivity index is 2.16. The van der Waals surface area contributed by atoms with Crippen LogP contribution in [0.15, 0.2) is 36.4 Å². The lowest BCUT2D eigenvalue weighted by Crippen LogP contribution is -2.36. The molecule has 0 atom stereocenters. The number of carbonyl (C=O) groups is 2. The zero-order chi connectivity index (χ0) is 17.9. The molecule has 0 unspecified atom stereocenters. The maximum atomic E-state index is 13.3. The van der Waals surface area contributed by atoms with Gasteiger partial charge < -0.3 is 10.2 Å². The monoisotopic (exact) mass is 348 g/mol. The van der Waals surface area contributed by atoms with Crippen LogP contribution in [-0.4, -0.2) is 18.4 Å². The van der Waals surface area contributed by atoms with Crippen molar-refractivity contribution in [3.8, 4) is 0 Å². The first kappa shape index (κ1) is 17.9. The van der Waals surface area contributed by atoms with Crippen molar-refractivity contribution < 1.29 is 14.0 Å². The Kier molecular flexibility index (Phi) is 5.57. The zero-order valence-corrected chi connectivity index (χ0v) is 14.4. The minimum absolute atomic E-state index is 0.103. The summed E-state index contributed by atoms with van der Waals surface area (Å²) in [5, 5.41) is 2.66. The molecule has 0 fully saturated rings. The summed E-state index contributed by atoms with van der Waals surface area (Å²) >= 11 is 5.75. The number of amides is 2. The standard InChI is InChI=1S/C18H18ClFN2O2/c1-11-6-12(2)8-14(7-11)21-18(24)10-22(13(3)23)15-4-5-17(20)16(19)9-15/h4-9H,10H2,1-3H3,(H,21,24). The summed E-state index contributed by atoms with van der Waals surface area (Å²) in [5.74, 6) is -1.27. The molecule has 1 N–H and O–H groups in total. The summed E-state index contributed by atoms with van der Waals surface area (Å²) in [7, 11) is 0. The Bertz CT molecular complexity index is 772. The van der Waals surface area contributed by atoms with E-state index in [0.29, 0.717) is 11.4 Å². The third-order valence-electron chi connectivity index (χ3n) is 3.40. The first-order chi connectivity index (χ1) is 11.3. The van der Waals surface area contributed by atoms with Crippen LogP contribution in [-0.2, 0) is 9.59 Å². The van der Waals surface area contributed by atoms with E-state index in [4.69, 9.17) is 11.6 Å². The van der Waals surface area contributed by atoms with E-state index < -0.39 is 5.82 Å². The van der Waals surface area contributed by atoms with Crippen molar-refractivity contribution in [1.29, 1.82) is 0 Å². The second kappa shape index (κ2) is 7.45. The summed E-state index contributed by atoms with van der Waals surface area (Å²) in [5.41, 5.74) is 3.08. The van der Waals surface area contributed by atoms with E-state index in [-0.39, 0.29) is 23.4 Å². The fourth-order valence-corrected chi connectivity index (χ4v) is 2.60. The molecule has 126 valence electrons. The summed E-state index contributed by atoms with van der Waals surface area (Å²) in [6.45, 7) is 5.02. The predicted molar refractivity (Wildman–Crippen MR) is 94.0 cm³/mol. The highest BCUT2D eigenvalue weighted by molar-refractivity contribution is 6.31. The molecule has 0 saturated carbocycles. The first-order valence-electron chi connectivity index (χ1n) is 7.37. The van der Waals surface area contributed by atoms with Crippen molar-refractivity contribution in [2.45, 2.75) is 20.8 Å². The molecule has 0 heterocycles. The summed E-state index contributed by atoms with van der Waals surface area (Å²) < 4.78 is 13.3. The maximum absolute atomic E-state index is 13.3. The normalized spacial score (nSPS) is 10.4. The number of anilines is 2. The molecule has 0 aliphatic rings. The summed E-state index contributed by atoms with van der Waals surface area (Å²) in [4.78, 5) is 25.3. The topological polar surface area (TPSA) is 49.4 Å². The van der Waals surface area contributed by atoms with Crippen LogP contribution in [0.1, 0.15) is 18.1 Å². The molecule has 24 heavy (non-hydrogen) atoms. The van der Waals surface area contributed by atoms with E-state index in [0.717, 1.165) is 17.2 Å². The second-order valence-corrected chi connectivity index (χ2v) is 6.04. The van der Waals surface area contributed by atoms with Gasteiger partial charge in [0.25, 0.3) is 0 Å². The number of carbonyl (C=O) groups excluding carboxylic acids is 2. The quantitative estimate of drug-likeness (QED) is 0.904. The number of nitrogens with one attached hydrogen (secondary N) is 1. The molecule has 2 aromatic rings. The molecule has 0 aromatic heterocycles. The van der Waals surface area contributed by atoms with Crippen LogP contribution in [0.2, 0.25) is 5.02 Å². The second-order valence-electron chi connectivity index (χ2n) is 5.63. The Hall–Kier alpha value is -2.40. The molecular formula is C18H18ClFN2O2. The number of benzene rings is 2. The molecule has 4 nitrogen and oxygen atoms in total. The number of rotatable bonds is 4. The first-order valence-corrected chi connectivity index (χ1v) is 7.75. The number of nitrogens with zero attached hydrogens (tertiary/aromatic N) is 1. The van der Waals surface area contributed by atoms with Gasteiger partial charge in [0.15, 0.2) is 0 Å². The molecule has 0 saturated heterocycles. The number of hydrogen-bond acceptors (Lipinski definition) is 2. The van der Waals surface area contributed by atoms with Gasteiger partial charge in [-0.05, 0) is 55.3 Å². The molecule has 2 amide bonds. The van der Waals surface area contributed by atoms with Gasteiger partial charge in [0, 0.05) is 18.3 Å². The zero-order valence-electron chi connectivity index (χ0n) is 13.7. The smallest absolute Gasteiger partial charge is 0.244 e. The van der Waals surface area contributed by atoms with E-state index >= 15 is 0 Å². The average Bonchev–Trinajstić information content (AvgIpc) is 2.46. The lowest BCUT2D eigenvalue weighted by atomic mass is 10.1. The van der Waals surface area contributed by atoms with Gasteiger partial charge >= 0.3 is 0 Å². The molecule has 2 rings (SSSR count). The van der Waals surface area contributed by atoms with E-state index in [2.05, 4.69) is 5.32 Å². The Labute approximate surface area is 145 Å². The van der Waals surface area contributed by atoms with Crippen molar-refractivity contribution >= 4 is 34.8 Å². The van der Waals surface area contributed by atoms with Gasteiger partial charge in [0.2, 0.25) is 11.8 Å². The van der Waals surface area contributed by atoms with Crippen molar-refractivity contribution in [1.82, 2.24) is 0 Å². The van der Waals surface area contributed by atoms with Crippen molar-refractivity contribution in [2.24, 2.45) is 0 Å². The number of aryl methyl sites for hydroxylation is 2. The van der Waals surface area contributed by atoms with Crippen LogP contribution < -0.4 is 10.2 Å². The Morgan fingerprint density at radius 1 is 1.12 bits per heavy atom. The molecular weight excluding hydrogens is 331 g/mol. The fraction of sp³-hybridized carbons (Fsp3) is 0.222. The van der Waals surface area contributed by atoms with Gasteiger partial charge in [0.1, 0.15) is 12.4 Å². The van der Waals surface area contributed by atoms with E-state index in [1.165, 1.54) is 24.0 Å². The van der Waals surface area contributed by atoms with Gasteiger partial charge in [-0.25, -0.2) is 4.39 Å². The van der Waals surface area contributed by atoms with Crippen molar-refractivity contribution in [3.63, 3.8) is 0 Å². The van der Waals surface area contributed by atoms with Gasteiger partial charge in [-0.1, -0.05) is 17.7 Å². The third kappa shape index (κ3) is 4.55. The van der Waals surface area contributed by atoms with Gasteiger partial charge in [-0.2, -0.15) is 0 Å². The van der Waals surface area contributed by atoms with Crippen LogP contribution in [0.3, 0.4) is 0 Å². The van der Waals surface area contributed by atoms with E-state index in [1.54, 1.807) is 0 Å². The van der Waals surface area contributed by atoms with E-state index in [1.807, 2.05) is 32.0 Å². The van der Waals surface area contributed by atoms with Crippen LogP contribution in [0.25, 0.3) is 0 Å². The number of hydrogen-bond donors (Lipinski definition) is 1. The molecule has 2 aromatic carbocycles. The SMILES string of the molecule is CC(=O)N(CC(=O)Nc1cc(C)cc(C)c1)c1ccc(F)c(Cl)c1. The molecule has 0 bridgehead atoms. The van der Waals surface area contributed by atoms with Crippen molar-refractivity contribution in [3.05, 3.63) is 58.4 Å². The van der Waals surface area contributed by atoms with Crippen LogP contribution >= 0.6 is 11.6 Å². The van der Waals surface area contributed by atoms with Crippen LogP contribution in [0.4, 0.5) is 15.8 Å². The fourth-order valence-electron chi connectivity index (χ4n) is 2.43. The summed E-state index contributed by atoms with van der Waals surface area (Å²) in [6.07, 6.45) is 0. The van der Waals surface area contributed by atoms with Crippen LogP contribution in [0, 0.1) is 19.7 Å². The van der Waals surface area contributed by atoms with E-state index in [9.17, 15) is 14.0 Å². The average molecular weight is 349 g/mol. The lowest BCUT2D eigenvalue weighted by Gasteiger charge is -2.21. The highest BCUT2D eigenvalue weighted by atomic mass is 35.5. The predicted octanol–water partition coefficient (Wildman–Crippen LogP) is 4.09. The molecule has 0 radical (unpaired) electrons. The highest BCUT2D eigenvalue weighted by Gasteiger charge is 2.17. The number of halogens is 2. The third-order valence-corrected chi connectivity index (χ3v) is 3.69. The summed E-state index contributed by atoms with van der Waals surface area (Å²) in [6, 6.07) is 9.58. The minimum Gasteiger partial charge on any atom is -0.325 e. The molecule has 0 spiro atoms. The van der Waals surface area contributed by atoms with Gasteiger partial charge in [-0.3, -0.25) is 9.59 Å².